The van der Waals surface area contributed by atoms with Crippen molar-refractivity contribution >= 4 is 29.6 Å². The fraction of sp³-hybridized carbons (Fsp3) is 0. The van der Waals surface area contributed by atoms with Gasteiger partial charge in [-0.2, -0.15) is 0 Å². The molecule has 0 aliphatic rings. The van der Waals surface area contributed by atoms with Crippen LogP contribution in [0, 0.1) is 82.6 Å². The molecule has 0 aliphatic carbocycles. The van der Waals surface area contributed by atoms with E-state index in [1.54, 1.807) is 0 Å². The van der Waals surface area contributed by atoms with Crippen molar-refractivity contribution in [1.29, 1.82) is 0 Å². The predicted octanol–water partition coefficient (Wildman–Crippen LogP) is -0.653. The minimum absolute atomic E-state index is 0. The first-order chi connectivity index (χ1) is 1.00. The van der Waals surface area contributed by atoms with Crippen LogP contribution in [0.1, 0.15) is 0 Å². The number of hydrogen-bond acceptors (Lipinski definition) is 0. The van der Waals surface area contributed by atoms with E-state index in [0.717, 1.165) is 0 Å². The summed E-state index contributed by atoms with van der Waals surface area (Å²) in [6.45, 7) is 0. The average molecular weight is 455 g/mol. The maximum Gasteiger partial charge on any atom is 0 e. The third-order valence-corrected chi connectivity index (χ3v) is 0. The topological polar surface area (TPSA) is 0 Å². The normalized spacial score (nSPS) is 0.800. The Balaban J connectivity index is -0.00000000167. The maximum absolute atomic E-state index is 3.34. The summed E-state index contributed by atoms with van der Waals surface area (Å²) in [5.74, 6) is 0. The average Bonchev–Trinajstić information content (AvgIpc) is 1.00. The van der Waals surface area contributed by atoms with Crippen LogP contribution in [-0.2, 0) is 34.6 Å². The van der Waals surface area contributed by atoms with E-state index in [0.29, 0.717) is 0 Å². The molecule has 0 heterocycles. The van der Waals surface area contributed by atoms with Crippen molar-refractivity contribution in [3.63, 3.8) is 0 Å². The van der Waals surface area contributed by atoms with Crippen molar-refractivity contribution in [1.82, 2.24) is 0 Å². The van der Waals surface area contributed by atoms with Gasteiger partial charge in [0, 0.05) is 82.6 Å². The van der Waals surface area contributed by atoms with Gasteiger partial charge >= 0.3 is 64.2 Å². The Labute approximate surface area is 142 Å². The smallest absolute Gasteiger partial charge is 0 e. The van der Waals surface area contributed by atoms with E-state index in [9.17, 15) is 0 Å². The van der Waals surface area contributed by atoms with Crippen molar-refractivity contribution in [2.75, 3.05) is 0 Å². The van der Waals surface area contributed by atoms with Gasteiger partial charge in [-0.3, -0.25) is 0 Å². The van der Waals surface area contributed by atoms with Crippen LogP contribution < -0.4 is 0 Å². The predicted molar refractivity (Wildman–Crippen MR) is 7.15 cm³/mol. The second-order valence-corrected chi connectivity index (χ2v) is 0. The largest absolute Gasteiger partial charge is 0 e. The molecule has 0 rings (SSSR count). The molecule has 0 radical (unpaired) electrons. The van der Waals surface area contributed by atoms with E-state index in [-0.39, 0.29) is 112 Å². The van der Waals surface area contributed by atoms with Crippen LogP contribution in [0.4, 0.5) is 0 Å². The molecule has 0 saturated heterocycles. The molecule has 0 saturated carbocycles. The zero-order valence-electron chi connectivity index (χ0n) is 1.85. The molecule has 5 heteroatoms. The van der Waals surface area contributed by atoms with Crippen LogP contribution in [0.25, 0.3) is 0 Å². The zero-order chi connectivity index (χ0) is 2.00. The van der Waals surface area contributed by atoms with Gasteiger partial charge in [-0.15, -0.1) is 0 Å². The first-order valence-electron chi connectivity index (χ1n) is 0.177. The maximum atomic E-state index is 3.34. The van der Waals surface area contributed by atoms with Gasteiger partial charge in [-0.1, -0.05) is 0 Å². The van der Waals surface area contributed by atoms with Crippen LogP contribution in [0.2, 0.25) is 0 Å². The van der Waals surface area contributed by atoms with E-state index >= 15 is 0 Å². The molecule has 0 amide bonds. The van der Waals surface area contributed by atoms with Crippen molar-refractivity contribution in [3.05, 3.63) is 0 Å². The molecule has 0 fully saturated rings. The van der Waals surface area contributed by atoms with Gasteiger partial charge in [0.1, 0.15) is 0 Å². The van der Waals surface area contributed by atoms with Gasteiger partial charge in [0.05, 0.1) is 0 Å². The Kier molecular flexibility index (Phi) is 103. The van der Waals surface area contributed by atoms with Gasteiger partial charge in [-0.25, -0.2) is 0 Å². The first kappa shape index (κ1) is 22.5. The molecule has 0 unspecified atom stereocenters. The molecule has 22 valence electrons. The summed E-state index contributed by atoms with van der Waals surface area (Å²) in [7, 11) is 0. The van der Waals surface area contributed by atoms with Crippen LogP contribution in [0.3, 0.4) is 0 Å². The quantitative estimate of drug-likeness (QED) is 0.426. The van der Waals surface area contributed by atoms with Gasteiger partial charge in [0.15, 0.2) is 0 Å². The molecule has 0 nitrogen and oxygen atoms in total. The summed E-state index contributed by atoms with van der Waals surface area (Å²) in [5, 5.41) is 0. The molecule has 0 aliphatic heterocycles. The second-order valence-electron chi connectivity index (χ2n) is 0. The summed E-state index contributed by atoms with van der Waals surface area (Å²) in [6.07, 6.45) is 0. The Bertz CT molecular complexity index is 11.6. The van der Waals surface area contributed by atoms with Crippen LogP contribution >= 0.6 is 0 Å². The third-order valence-electron chi connectivity index (χ3n) is 0. The van der Waals surface area contributed by atoms with E-state index in [2.05, 4.69) is 12.3 Å². The van der Waals surface area contributed by atoms with Crippen molar-refractivity contribution in [2.24, 2.45) is 0 Å². The van der Waals surface area contributed by atoms with Gasteiger partial charge in [-0.05, 0) is 0 Å². The van der Waals surface area contributed by atoms with Crippen LogP contribution in [0.15, 0.2) is 0 Å². The Morgan fingerprint density at radius 3 is 1.20 bits per heavy atom. The van der Waals surface area contributed by atoms with Crippen LogP contribution in [-0.4, -0.2) is 29.6 Å². The van der Waals surface area contributed by atoms with Crippen molar-refractivity contribution < 1.29 is 117 Å². The van der Waals surface area contributed by atoms with Gasteiger partial charge in [0.2, 0.25) is 0 Å². The van der Waals surface area contributed by atoms with E-state index in [4.69, 9.17) is 0 Å². The molecule has 0 atom stereocenters. The summed E-state index contributed by atoms with van der Waals surface area (Å²) < 4.78 is 0. The molecule has 5 heavy (non-hydrogen) atoms. The van der Waals surface area contributed by atoms with Gasteiger partial charge < -0.3 is 0 Å². The van der Waals surface area contributed by atoms with Gasteiger partial charge in [0.25, 0.3) is 0 Å². The van der Waals surface area contributed by atoms with Crippen molar-refractivity contribution in [3.8, 4) is 0 Å². The molecule has 0 spiro atoms. The first-order valence-corrected chi connectivity index (χ1v) is 4.31. The zero-order valence-corrected chi connectivity index (χ0v) is 11.8. The van der Waals surface area contributed by atoms with Crippen molar-refractivity contribution in [2.45, 2.75) is 0 Å². The Hall–Kier alpha value is 5.13. The molecule has 0 aromatic rings. The Morgan fingerprint density at radius 1 is 1.20 bits per heavy atom. The van der Waals surface area contributed by atoms with E-state index < -0.39 is 0 Å². The minimum Gasteiger partial charge on any atom is 0 e. The molecule has 0 aromatic heterocycles. The third kappa shape index (κ3) is 17.6. The molecule has 0 aromatic carbocycles. The molecular weight excluding hydrogens is 454 g/mol. The summed E-state index contributed by atoms with van der Waals surface area (Å²) in [4.78, 5) is 0. The SMILES string of the molecule is [Ce].[Fe][Zr].[NaH].[Nd]. The van der Waals surface area contributed by atoms with E-state index in [1.807, 2.05) is 0 Å². The minimum atomic E-state index is 0. The second kappa shape index (κ2) is 22.9. The molecule has 0 bridgehead atoms. The standard InChI is InChI=1S/Ce.Fe.Na.Nd.Zr.H. The summed E-state index contributed by atoms with van der Waals surface area (Å²) in [6, 6.07) is 0. The summed E-state index contributed by atoms with van der Waals surface area (Å²) >= 11 is 4.64. The fourth-order valence-corrected chi connectivity index (χ4v) is 0. The monoisotopic (exact) mass is 452 g/mol. The molecule has 0 N–H and O–H groups in total. The number of hydrogen-bond donors (Lipinski definition) is 0. The Morgan fingerprint density at radius 2 is 1.20 bits per heavy atom. The number of rotatable bonds is 0. The van der Waals surface area contributed by atoms with E-state index in [1.165, 1.54) is 22.3 Å². The molecular formula is HCeFeNaNdZr. The fourth-order valence-electron chi connectivity index (χ4n) is 0. The van der Waals surface area contributed by atoms with Crippen LogP contribution in [0.5, 0.6) is 0 Å². The summed E-state index contributed by atoms with van der Waals surface area (Å²) in [5.41, 5.74) is 0.